The van der Waals surface area contributed by atoms with Crippen molar-refractivity contribution < 1.29 is 19.1 Å². The van der Waals surface area contributed by atoms with Gasteiger partial charge in [-0.2, -0.15) is 0 Å². The zero-order chi connectivity index (χ0) is 20.7. The maximum atomic E-state index is 12.4. The quantitative estimate of drug-likeness (QED) is 0.431. The van der Waals surface area contributed by atoms with Crippen LogP contribution < -0.4 is 5.32 Å². The smallest absolute Gasteiger partial charge is 0.307 e. The molecule has 0 aliphatic rings. The average Bonchev–Trinajstić information content (AvgIpc) is 3.12. The summed E-state index contributed by atoms with van der Waals surface area (Å²) in [5.41, 5.74) is 1.76. The van der Waals surface area contributed by atoms with Gasteiger partial charge in [-0.1, -0.05) is 43.6 Å². The molecule has 0 fully saturated rings. The van der Waals surface area contributed by atoms with Crippen LogP contribution in [-0.4, -0.2) is 23.8 Å². The summed E-state index contributed by atoms with van der Waals surface area (Å²) in [5, 5.41) is 2.83. The van der Waals surface area contributed by atoms with Crippen molar-refractivity contribution in [2.24, 2.45) is 0 Å². The van der Waals surface area contributed by atoms with Gasteiger partial charge >= 0.3 is 5.97 Å². The van der Waals surface area contributed by atoms with Gasteiger partial charge in [0, 0.05) is 12.1 Å². The van der Waals surface area contributed by atoms with Crippen molar-refractivity contribution in [2.75, 3.05) is 5.32 Å². The lowest BCUT2D eigenvalue weighted by Crippen LogP contribution is -2.30. The molecule has 1 aromatic heterocycles. The third kappa shape index (κ3) is 6.17. The summed E-state index contributed by atoms with van der Waals surface area (Å²) in [6.07, 6.45) is -0.0826. The third-order valence-corrected chi connectivity index (χ3v) is 5.72. The van der Waals surface area contributed by atoms with Gasteiger partial charge in [-0.15, -0.1) is 11.3 Å². The Morgan fingerprint density at radius 3 is 2.46 bits per heavy atom. The first kappa shape index (κ1) is 22.1. The maximum Gasteiger partial charge on any atom is 0.307 e. The Bertz CT molecular complexity index is 848. The summed E-state index contributed by atoms with van der Waals surface area (Å²) >= 11 is 6.98. The predicted octanol–water partition coefficient (Wildman–Crippen LogP) is 5.45. The number of hydrogen-bond donors (Lipinski definition) is 1. The monoisotopic (exact) mass is 421 g/mol. The third-order valence-electron chi connectivity index (χ3n) is 4.44. The van der Waals surface area contributed by atoms with Crippen LogP contribution in [0.4, 0.5) is 5.69 Å². The Morgan fingerprint density at radius 2 is 1.82 bits per heavy atom. The number of Topliss-reactive ketones (excluding diaryl/α,β-unsaturated/α-hetero) is 1. The maximum absolute atomic E-state index is 12.4. The van der Waals surface area contributed by atoms with E-state index in [0.29, 0.717) is 15.1 Å². The van der Waals surface area contributed by atoms with Gasteiger partial charge in [0.2, 0.25) is 0 Å². The molecule has 1 N–H and O–H groups in total. The van der Waals surface area contributed by atoms with Crippen molar-refractivity contribution in [3.05, 3.63) is 51.2 Å². The van der Waals surface area contributed by atoms with Crippen LogP contribution in [0, 0.1) is 0 Å². The number of carbonyl (C=O) groups excluding carboxylic acids is 3. The van der Waals surface area contributed by atoms with E-state index >= 15 is 0 Å². The molecule has 28 heavy (non-hydrogen) atoms. The van der Waals surface area contributed by atoms with E-state index in [9.17, 15) is 14.4 Å². The zero-order valence-electron chi connectivity index (χ0n) is 16.2. The lowest BCUT2D eigenvalue weighted by molar-refractivity contribution is -0.153. The van der Waals surface area contributed by atoms with E-state index in [0.717, 1.165) is 17.7 Å². The SMILES string of the molecule is CC[C@@H](C)c1ccccc1NC(=O)[C@@H](C)OC(=O)CCC(=O)c1ccc(Cl)s1. The largest absolute Gasteiger partial charge is 0.453 e. The molecule has 150 valence electrons. The summed E-state index contributed by atoms with van der Waals surface area (Å²) in [7, 11) is 0. The fourth-order valence-electron chi connectivity index (χ4n) is 2.61. The van der Waals surface area contributed by atoms with Gasteiger partial charge in [-0.3, -0.25) is 14.4 Å². The highest BCUT2D eigenvalue weighted by Crippen LogP contribution is 2.27. The van der Waals surface area contributed by atoms with Gasteiger partial charge in [0.05, 0.1) is 15.6 Å². The second kappa shape index (κ2) is 10.4. The number of benzene rings is 1. The van der Waals surface area contributed by atoms with Gasteiger partial charge in [0.15, 0.2) is 11.9 Å². The Morgan fingerprint density at radius 1 is 1.11 bits per heavy atom. The Hall–Kier alpha value is -2.18. The minimum absolute atomic E-state index is 0.0147. The number of ether oxygens (including phenoxy) is 1. The molecule has 7 heteroatoms. The predicted molar refractivity (Wildman–Crippen MR) is 112 cm³/mol. The number of hydrogen-bond acceptors (Lipinski definition) is 5. The van der Waals surface area contributed by atoms with Crippen LogP contribution in [0.1, 0.15) is 61.2 Å². The van der Waals surface area contributed by atoms with E-state index in [1.54, 1.807) is 12.1 Å². The lowest BCUT2D eigenvalue weighted by Gasteiger charge is -2.18. The van der Waals surface area contributed by atoms with Crippen molar-refractivity contribution in [3.8, 4) is 0 Å². The Kier molecular flexibility index (Phi) is 8.20. The van der Waals surface area contributed by atoms with E-state index in [1.807, 2.05) is 24.3 Å². The van der Waals surface area contributed by atoms with Crippen LogP contribution in [0.3, 0.4) is 0 Å². The molecule has 0 saturated carbocycles. The van der Waals surface area contributed by atoms with Crippen molar-refractivity contribution in [1.29, 1.82) is 0 Å². The van der Waals surface area contributed by atoms with Crippen molar-refractivity contribution >= 4 is 46.3 Å². The highest BCUT2D eigenvalue weighted by molar-refractivity contribution is 7.18. The highest BCUT2D eigenvalue weighted by atomic mass is 35.5. The number of halogens is 1. The van der Waals surface area contributed by atoms with Crippen LogP contribution in [0.25, 0.3) is 0 Å². The Balaban J connectivity index is 1.86. The van der Waals surface area contributed by atoms with Crippen molar-refractivity contribution in [1.82, 2.24) is 0 Å². The molecule has 0 aliphatic heterocycles. The lowest BCUT2D eigenvalue weighted by atomic mass is 9.97. The van der Waals surface area contributed by atoms with E-state index < -0.39 is 18.0 Å². The summed E-state index contributed by atoms with van der Waals surface area (Å²) in [6, 6.07) is 10.9. The molecule has 5 nitrogen and oxygen atoms in total. The molecule has 2 aromatic rings. The second-order valence-corrected chi connectivity index (χ2v) is 8.26. The molecule has 0 saturated heterocycles. The number of carbonyl (C=O) groups is 3. The average molecular weight is 422 g/mol. The first-order valence-electron chi connectivity index (χ1n) is 9.19. The number of para-hydroxylation sites is 1. The normalized spacial score (nSPS) is 12.9. The molecular formula is C21H24ClNO4S. The van der Waals surface area contributed by atoms with E-state index in [1.165, 1.54) is 18.3 Å². The first-order chi connectivity index (χ1) is 13.3. The van der Waals surface area contributed by atoms with Crippen molar-refractivity contribution in [3.63, 3.8) is 0 Å². The highest BCUT2D eigenvalue weighted by Gasteiger charge is 2.20. The van der Waals surface area contributed by atoms with Crippen LogP contribution in [0.5, 0.6) is 0 Å². The molecule has 1 aromatic carbocycles. The van der Waals surface area contributed by atoms with Gasteiger partial charge in [0.1, 0.15) is 0 Å². The zero-order valence-corrected chi connectivity index (χ0v) is 17.7. The minimum Gasteiger partial charge on any atom is -0.453 e. The van der Waals surface area contributed by atoms with Crippen LogP contribution in [0.15, 0.2) is 36.4 Å². The van der Waals surface area contributed by atoms with Crippen LogP contribution in [0.2, 0.25) is 4.34 Å². The molecule has 0 aliphatic carbocycles. The number of anilines is 1. The number of nitrogens with one attached hydrogen (secondary N) is 1. The van der Waals surface area contributed by atoms with Crippen molar-refractivity contribution in [2.45, 2.75) is 52.1 Å². The molecular weight excluding hydrogens is 398 g/mol. The molecule has 2 atom stereocenters. The molecule has 0 spiro atoms. The number of amides is 1. The van der Waals surface area contributed by atoms with Gasteiger partial charge in [-0.25, -0.2) is 0 Å². The summed E-state index contributed by atoms with van der Waals surface area (Å²) < 4.78 is 5.70. The minimum atomic E-state index is -0.955. The molecule has 0 radical (unpaired) electrons. The topological polar surface area (TPSA) is 72.5 Å². The van der Waals surface area contributed by atoms with E-state index in [2.05, 4.69) is 19.2 Å². The fourth-order valence-corrected chi connectivity index (χ4v) is 3.62. The number of thiophene rings is 1. The standard InChI is InChI=1S/C21H24ClNO4S/c1-4-13(2)15-7-5-6-8-16(15)23-21(26)14(3)27-20(25)12-9-17(24)18-10-11-19(22)28-18/h5-8,10-11,13-14H,4,9,12H2,1-3H3,(H,23,26)/t13-,14-/m1/s1. The molecule has 0 unspecified atom stereocenters. The van der Waals surface area contributed by atoms with Crippen LogP contribution in [-0.2, 0) is 14.3 Å². The molecule has 0 bridgehead atoms. The molecule has 2 rings (SSSR count). The van der Waals surface area contributed by atoms with Gasteiger partial charge in [-0.05, 0) is 43.0 Å². The summed E-state index contributed by atoms with van der Waals surface area (Å²) in [5.74, 6) is -0.867. The first-order valence-corrected chi connectivity index (χ1v) is 10.4. The summed E-state index contributed by atoms with van der Waals surface area (Å²) in [6.45, 7) is 5.69. The van der Waals surface area contributed by atoms with Crippen LogP contribution >= 0.6 is 22.9 Å². The number of ketones is 1. The van der Waals surface area contributed by atoms with Gasteiger partial charge in [0.25, 0.3) is 5.91 Å². The Labute approximate surface area is 174 Å². The molecule has 1 amide bonds. The van der Waals surface area contributed by atoms with E-state index in [-0.39, 0.29) is 18.6 Å². The second-order valence-electron chi connectivity index (χ2n) is 6.54. The van der Waals surface area contributed by atoms with Gasteiger partial charge < -0.3 is 10.1 Å². The van der Waals surface area contributed by atoms with E-state index in [4.69, 9.17) is 16.3 Å². The fraction of sp³-hybridized carbons (Fsp3) is 0.381. The molecule has 1 heterocycles. The summed E-state index contributed by atoms with van der Waals surface area (Å²) in [4.78, 5) is 36.9. The number of rotatable bonds is 9. The number of esters is 1.